The van der Waals surface area contributed by atoms with E-state index in [1.54, 1.807) is 0 Å². The number of benzene rings is 1. The molecular formula is C16H24N2O2. The van der Waals surface area contributed by atoms with E-state index >= 15 is 0 Å². The van der Waals surface area contributed by atoms with Crippen LogP contribution in [0.4, 0.5) is 0 Å². The third-order valence-corrected chi connectivity index (χ3v) is 3.85. The Hall–Kier alpha value is -1.55. The maximum Gasteiger partial charge on any atom is 0.263 e. The van der Waals surface area contributed by atoms with Crippen LogP contribution < -0.4 is 10.1 Å². The Kier molecular flexibility index (Phi) is 5.01. The van der Waals surface area contributed by atoms with Gasteiger partial charge in [0.2, 0.25) is 0 Å². The smallest absolute Gasteiger partial charge is 0.263 e. The van der Waals surface area contributed by atoms with Crippen molar-refractivity contribution in [3.05, 3.63) is 29.8 Å². The predicted octanol–water partition coefficient (Wildman–Crippen LogP) is 1.97. The van der Waals surface area contributed by atoms with Crippen molar-refractivity contribution in [1.29, 1.82) is 0 Å². The molecule has 4 nitrogen and oxygen atoms in total. The number of ether oxygens (including phenoxy) is 1. The van der Waals surface area contributed by atoms with E-state index in [9.17, 15) is 4.79 Å². The van der Waals surface area contributed by atoms with Gasteiger partial charge in [-0.1, -0.05) is 12.1 Å². The highest BCUT2D eigenvalue weighted by Gasteiger charge is 2.26. The predicted molar refractivity (Wildman–Crippen MR) is 79.9 cm³/mol. The molecule has 1 aliphatic rings. The van der Waals surface area contributed by atoms with Gasteiger partial charge in [0.1, 0.15) is 5.75 Å². The molecule has 0 saturated carbocycles. The second-order valence-electron chi connectivity index (χ2n) is 5.51. The largest absolute Gasteiger partial charge is 0.481 e. The van der Waals surface area contributed by atoms with Gasteiger partial charge in [-0.3, -0.25) is 4.79 Å². The van der Waals surface area contributed by atoms with Crippen LogP contribution in [0.2, 0.25) is 0 Å². The SMILES string of the molecule is Cc1cccc(OC(C)C(=O)N(C)C2CCNCC2)c1. The highest BCUT2D eigenvalue weighted by molar-refractivity contribution is 5.81. The molecule has 2 rings (SSSR count). The highest BCUT2D eigenvalue weighted by Crippen LogP contribution is 2.17. The van der Waals surface area contributed by atoms with Gasteiger partial charge in [0, 0.05) is 13.1 Å². The minimum atomic E-state index is -0.448. The number of amides is 1. The second-order valence-corrected chi connectivity index (χ2v) is 5.51. The fraction of sp³-hybridized carbons (Fsp3) is 0.562. The van der Waals surface area contributed by atoms with E-state index < -0.39 is 6.10 Å². The molecule has 1 aliphatic heterocycles. The van der Waals surface area contributed by atoms with Crippen molar-refractivity contribution in [3.63, 3.8) is 0 Å². The normalized spacial score (nSPS) is 17.6. The summed E-state index contributed by atoms with van der Waals surface area (Å²) >= 11 is 0. The van der Waals surface area contributed by atoms with Gasteiger partial charge >= 0.3 is 0 Å². The van der Waals surface area contributed by atoms with E-state index in [1.165, 1.54) is 0 Å². The zero-order valence-corrected chi connectivity index (χ0v) is 12.6. The average Bonchev–Trinajstić information content (AvgIpc) is 2.46. The van der Waals surface area contributed by atoms with Crippen molar-refractivity contribution in [2.45, 2.75) is 38.8 Å². The maximum absolute atomic E-state index is 12.4. The van der Waals surface area contributed by atoms with Crippen molar-refractivity contribution in [2.75, 3.05) is 20.1 Å². The van der Waals surface area contributed by atoms with Crippen LogP contribution in [0.1, 0.15) is 25.3 Å². The van der Waals surface area contributed by atoms with Gasteiger partial charge in [0.25, 0.3) is 5.91 Å². The van der Waals surface area contributed by atoms with Gasteiger partial charge in [0.15, 0.2) is 6.10 Å². The Balaban J connectivity index is 1.93. The molecule has 20 heavy (non-hydrogen) atoms. The summed E-state index contributed by atoms with van der Waals surface area (Å²) in [6, 6.07) is 8.13. The minimum absolute atomic E-state index is 0.0541. The minimum Gasteiger partial charge on any atom is -0.481 e. The number of likely N-dealkylation sites (N-methyl/N-ethyl adjacent to an activating group) is 1. The molecule has 1 aromatic rings. The molecule has 1 amide bonds. The molecule has 1 heterocycles. The van der Waals surface area contributed by atoms with Crippen LogP contribution in [0.15, 0.2) is 24.3 Å². The Morgan fingerprint density at radius 1 is 1.40 bits per heavy atom. The third kappa shape index (κ3) is 3.73. The molecule has 4 heteroatoms. The number of rotatable bonds is 4. The first-order chi connectivity index (χ1) is 9.58. The molecule has 1 N–H and O–H groups in total. The van der Waals surface area contributed by atoms with Crippen LogP contribution in [0.5, 0.6) is 5.75 Å². The summed E-state index contributed by atoms with van der Waals surface area (Å²) in [7, 11) is 1.88. The topological polar surface area (TPSA) is 41.6 Å². The fourth-order valence-corrected chi connectivity index (χ4v) is 2.60. The van der Waals surface area contributed by atoms with E-state index in [2.05, 4.69) is 5.32 Å². The molecule has 1 atom stereocenters. The highest BCUT2D eigenvalue weighted by atomic mass is 16.5. The van der Waals surface area contributed by atoms with Crippen molar-refractivity contribution >= 4 is 5.91 Å². The van der Waals surface area contributed by atoms with Gasteiger partial charge in [-0.05, 0) is 57.5 Å². The van der Waals surface area contributed by atoms with Crippen molar-refractivity contribution in [2.24, 2.45) is 0 Å². The third-order valence-electron chi connectivity index (χ3n) is 3.85. The van der Waals surface area contributed by atoms with Crippen LogP contribution >= 0.6 is 0 Å². The Morgan fingerprint density at radius 3 is 2.75 bits per heavy atom. The molecule has 0 spiro atoms. The Labute approximate surface area is 121 Å². The number of hydrogen-bond acceptors (Lipinski definition) is 3. The summed E-state index contributed by atoms with van der Waals surface area (Å²) < 4.78 is 5.76. The molecule has 0 radical (unpaired) electrons. The van der Waals surface area contributed by atoms with Crippen LogP contribution in [0.25, 0.3) is 0 Å². The summed E-state index contributed by atoms with van der Waals surface area (Å²) in [4.78, 5) is 14.3. The lowest BCUT2D eigenvalue weighted by molar-refractivity contribution is -0.139. The van der Waals surface area contributed by atoms with E-state index in [1.807, 2.05) is 50.1 Å². The maximum atomic E-state index is 12.4. The van der Waals surface area contributed by atoms with Crippen molar-refractivity contribution in [1.82, 2.24) is 10.2 Å². The summed E-state index contributed by atoms with van der Waals surface area (Å²) in [5, 5.41) is 3.31. The first-order valence-corrected chi connectivity index (χ1v) is 7.28. The second kappa shape index (κ2) is 6.75. The summed E-state index contributed by atoms with van der Waals surface area (Å²) in [6.07, 6.45) is 1.58. The molecule has 1 fully saturated rings. The molecule has 1 saturated heterocycles. The lowest BCUT2D eigenvalue weighted by Gasteiger charge is -2.33. The van der Waals surface area contributed by atoms with Crippen LogP contribution in [-0.2, 0) is 4.79 Å². The zero-order valence-electron chi connectivity index (χ0n) is 12.6. The van der Waals surface area contributed by atoms with Gasteiger partial charge in [-0.15, -0.1) is 0 Å². The standard InChI is InChI=1S/C16H24N2O2/c1-12-5-4-6-15(11-12)20-13(2)16(19)18(3)14-7-9-17-10-8-14/h4-6,11,13-14,17H,7-10H2,1-3H3. The number of carbonyl (C=O) groups excluding carboxylic acids is 1. The van der Waals surface area contributed by atoms with Crippen molar-refractivity contribution in [3.8, 4) is 5.75 Å². The number of nitrogens with zero attached hydrogens (tertiary/aromatic N) is 1. The average molecular weight is 276 g/mol. The molecule has 0 aliphatic carbocycles. The Morgan fingerprint density at radius 2 is 2.10 bits per heavy atom. The van der Waals surface area contributed by atoms with E-state index in [4.69, 9.17) is 4.74 Å². The number of aryl methyl sites for hydroxylation is 1. The summed E-state index contributed by atoms with van der Waals surface area (Å²) in [5.74, 6) is 0.808. The monoisotopic (exact) mass is 276 g/mol. The zero-order chi connectivity index (χ0) is 14.5. The van der Waals surface area contributed by atoms with Gasteiger partial charge in [-0.25, -0.2) is 0 Å². The van der Waals surface area contributed by atoms with E-state index in [0.717, 1.165) is 37.2 Å². The van der Waals surface area contributed by atoms with Crippen molar-refractivity contribution < 1.29 is 9.53 Å². The summed E-state index contributed by atoms with van der Waals surface area (Å²) in [6.45, 7) is 5.80. The molecule has 0 bridgehead atoms. The van der Waals surface area contributed by atoms with E-state index in [0.29, 0.717) is 6.04 Å². The Bertz CT molecular complexity index is 456. The molecule has 0 aromatic heterocycles. The molecule has 1 unspecified atom stereocenters. The number of nitrogens with one attached hydrogen (secondary N) is 1. The van der Waals surface area contributed by atoms with E-state index in [-0.39, 0.29) is 5.91 Å². The van der Waals surface area contributed by atoms with Crippen LogP contribution in [-0.4, -0.2) is 43.1 Å². The number of piperidine rings is 1. The lowest BCUT2D eigenvalue weighted by atomic mass is 10.0. The lowest BCUT2D eigenvalue weighted by Crippen LogP contribution is -2.48. The van der Waals surface area contributed by atoms with Crippen LogP contribution in [0, 0.1) is 6.92 Å². The molecular weight excluding hydrogens is 252 g/mol. The molecule has 1 aromatic carbocycles. The van der Waals surface area contributed by atoms with Gasteiger partial charge in [-0.2, -0.15) is 0 Å². The van der Waals surface area contributed by atoms with Gasteiger partial charge < -0.3 is 15.0 Å². The first-order valence-electron chi connectivity index (χ1n) is 7.28. The van der Waals surface area contributed by atoms with Crippen LogP contribution in [0.3, 0.4) is 0 Å². The van der Waals surface area contributed by atoms with Gasteiger partial charge in [0.05, 0.1) is 0 Å². The molecule has 110 valence electrons. The first kappa shape index (κ1) is 14.9. The number of hydrogen-bond donors (Lipinski definition) is 1. The summed E-state index contributed by atoms with van der Waals surface area (Å²) in [5.41, 5.74) is 1.13. The quantitative estimate of drug-likeness (QED) is 0.914. The number of carbonyl (C=O) groups is 1. The fourth-order valence-electron chi connectivity index (χ4n) is 2.60.